The molecule has 11 heteroatoms. The van der Waals surface area contributed by atoms with E-state index >= 15 is 0 Å². The van der Waals surface area contributed by atoms with Crippen LogP contribution in [0.1, 0.15) is 6.92 Å². The standard InChI is InChI=1S/C14H12BrClN4O5/c1-2-25-13-7-8(19(21)22)3-4-12(13)17-18-14-10(15)5-9(20(23)24)6-11(14)16/h3-7,17-18H,2H2,1H3. The first kappa shape index (κ1) is 18.7. The minimum Gasteiger partial charge on any atom is -0.491 e. The van der Waals surface area contributed by atoms with Gasteiger partial charge in [0.05, 0.1) is 43.4 Å². The van der Waals surface area contributed by atoms with Gasteiger partial charge in [-0.05, 0) is 28.9 Å². The Kier molecular flexibility index (Phi) is 5.99. The summed E-state index contributed by atoms with van der Waals surface area (Å²) >= 11 is 9.26. The number of rotatable bonds is 7. The van der Waals surface area contributed by atoms with Crippen LogP contribution in [0.5, 0.6) is 5.75 Å². The molecule has 0 heterocycles. The summed E-state index contributed by atoms with van der Waals surface area (Å²) in [4.78, 5) is 20.6. The number of nitro groups is 2. The molecule has 0 atom stereocenters. The summed E-state index contributed by atoms with van der Waals surface area (Å²) < 4.78 is 5.76. The Bertz CT molecular complexity index is 810. The maximum Gasteiger partial charge on any atom is 0.273 e. The molecule has 2 aromatic rings. The van der Waals surface area contributed by atoms with Crippen molar-refractivity contribution in [3.8, 4) is 5.75 Å². The molecule has 0 aliphatic rings. The van der Waals surface area contributed by atoms with E-state index in [1.165, 1.54) is 30.3 Å². The van der Waals surface area contributed by atoms with Gasteiger partial charge in [0.2, 0.25) is 0 Å². The quantitative estimate of drug-likeness (QED) is 0.479. The van der Waals surface area contributed by atoms with Crippen LogP contribution in [0.4, 0.5) is 22.7 Å². The van der Waals surface area contributed by atoms with E-state index in [4.69, 9.17) is 16.3 Å². The summed E-state index contributed by atoms with van der Waals surface area (Å²) in [6.07, 6.45) is 0. The molecule has 0 aromatic heterocycles. The number of hydrogen-bond donors (Lipinski definition) is 2. The van der Waals surface area contributed by atoms with E-state index in [1.807, 2.05) is 0 Å². The molecule has 0 saturated heterocycles. The van der Waals surface area contributed by atoms with Crippen LogP contribution in [0.2, 0.25) is 5.02 Å². The molecule has 9 nitrogen and oxygen atoms in total. The third-order valence-electron chi connectivity index (χ3n) is 3.04. The summed E-state index contributed by atoms with van der Waals surface area (Å²) in [6, 6.07) is 6.59. The normalized spacial score (nSPS) is 10.2. The molecule has 2 rings (SSSR count). The first-order chi connectivity index (χ1) is 11.8. The smallest absolute Gasteiger partial charge is 0.273 e. The average Bonchev–Trinajstić information content (AvgIpc) is 2.54. The van der Waals surface area contributed by atoms with E-state index in [0.29, 0.717) is 22.5 Å². The molecule has 25 heavy (non-hydrogen) atoms. The second-order valence-electron chi connectivity index (χ2n) is 4.66. The number of anilines is 2. The molecule has 0 amide bonds. The van der Waals surface area contributed by atoms with Crippen LogP contribution in [0.3, 0.4) is 0 Å². The van der Waals surface area contributed by atoms with Crippen molar-refractivity contribution in [2.24, 2.45) is 0 Å². The fourth-order valence-corrected chi connectivity index (χ4v) is 2.84. The molecule has 2 N–H and O–H groups in total. The van der Waals surface area contributed by atoms with Gasteiger partial charge in [0.15, 0.2) is 5.75 Å². The van der Waals surface area contributed by atoms with Gasteiger partial charge in [0, 0.05) is 18.2 Å². The lowest BCUT2D eigenvalue weighted by molar-refractivity contribution is -0.385. The van der Waals surface area contributed by atoms with Gasteiger partial charge < -0.3 is 4.74 Å². The van der Waals surface area contributed by atoms with Crippen molar-refractivity contribution < 1.29 is 14.6 Å². The van der Waals surface area contributed by atoms with Crippen molar-refractivity contribution in [1.29, 1.82) is 0 Å². The molecule has 0 unspecified atom stereocenters. The first-order valence-electron chi connectivity index (χ1n) is 6.90. The molecular formula is C14H12BrClN4O5. The number of nitrogens with zero attached hydrogens (tertiary/aromatic N) is 2. The Morgan fingerprint density at radius 3 is 2.36 bits per heavy atom. The molecule has 0 bridgehead atoms. The molecule has 0 saturated carbocycles. The monoisotopic (exact) mass is 430 g/mol. The lowest BCUT2D eigenvalue weighted by atomic mass is 10.2. The van der Waals surface area contributed by atoms with Gasteiger partial charge in [-0.1, -0.05) is 11.6 Å². The molecule has 0 spiro atoms. The zero-order valence-electron chi connectivity index (χ0n) is 12.8. The van der Waals surface area contributed by atoms with E-state index in [9.17, 15) is 20.2 Å². The van der Waals surface area contributed by atoms with Crippen molar-refractivity contribution in [2.75, 3.05) is 17.5 Å². The Balaban J connectivity index is 2.26. The molecule has 132 valence electrons. The minimum absolute atomic E-state index is 0.108. The van der Waals surface area contributed by atoms with Crippen LogP contribution in [-0.4, -0.2) is 16.5 Å². The van der Waals surface area contributed by atoms with Crippen molar-refractivity contribution >= 4 is 50.3 Å². The van der Waals surface area contributed by atoms with Crippen molar-refractivity contribution in [3.63, 3.8) is 0 Å². The van der Waals surface area contributed by atoms with E-state index in [1.54, 1.807) is 6.92 Å². The number of benzene rings is 2. The lowest BCUT2D eigenvalue weighted by Crippen LogP contribution is -2.11. The summed E-state index contributed by atoms with van der Waals surface area (Å²) in [7, 11) is 0. The highest BCUT2D eigenvalue weighted by Crippen LogP contribution is 2.36. The number of nitrogens with one attached hydrogen (secondary N) is 2. The van der Waals surface area contributed by atoms with Crippen LogP contribution >= 0.6 is 27.5 Å². The first-order valence-corrected chi connectivity index (χ1v) is 8.07. The van der Waals surface area contributed by atoms with Crippen molar-refractivity contribution in [2.45, 2.75) is 6.92 Å². The van der Waals surface area contributed by atoms with Gasteiger partial charge >= 0.3 is 0 Å². The van der Waals surface area contributed by atoms with Gasteiger partial charge in [-0.25, -0.2) is 0 Å². The summed E-state index contributed by atoms with van der Waals surface area (Å²) in [6.45, 7) is 2.07. The maximum atomic E-state index is 10.9. The summed E-state index contributed by atoms with van der Waals surface area (Å²) in [5.41, 5.74) is 6.18. The topological polar surface area (TPSA) is 120 Å². The second-order valence-corrected chi connectivity index (χ2v) is 5.92. The third-order valence-corrected chi connectivity index (χ3v) is 3.96. The lowest BCUT2D eigenvalue weighted by Gasteiger charge is -2.15. The molecule has 0 aliphatic heterocycles. The fourth-order valence-electron chi connectivity index (χ4n) is 1.92. The predicted molar refractivity (Wildman–Crippen MR) is 97.3 cm³/mol. The minimum atomic E-state index is -0.558. The molecule has 2 aromatic carbocycles. The van der Waals surface area contributed by atoms with Gasteiger partial charge in [0.1, 0.15) is 0 Å². The molecule has 0 aliphatic carbocycles. The van der Waals surface area contributed by atoms with Gasteiger partial charge in [-0.2, -0.15) is 0 Å². The highest BCUT2D eigenvalue weighted by atomic mass is 79.9. The second kappa shape index (κ2) is 7.99. The largest absolute Gasteiger partial charge is 0.491 e. The number of halogens is 2. The zero-order valence-corrected chi connectivity index (χ0v) is 15.1. The van der Waals surface area contributed by atoms with Crippen LogP contribution in [0, 0.1) is 20.2 Å². The van der Waals surface area contributed by atoms with Gasteiger partial charge in [-0.3, -0.25) is 31.1 Å². The Morgan fingerprint density at radius 1 is 1.12 bits per heavy atom. The maximum absolute atomic E-state index is 10.9. The van der Waals surface area contributed by atoms with Crippen LogP contribution in [0.25, 0.3) is 0 Å². The average molecular weight is 432 g/mol. The Hall–Kier alpha value is -2.59. The Morgan fingerprint density at radius 2 is 1.80 bits per heavy atom. The zero-order chi connectivity index (χ0) is 18.6. The van der Waals surface area contributed by atoms with Gasteiger partial charge in [-0.15, -0.1) is 0 Å². The number of non-ortho nitro benzene ring substituents is 2. The Labute approximate surface area is 155 Å². The van der Waals surface area contributed by atoms with E-state index in [2.05, 4.69) is 26.8 Å². The number of hydrazine groups is 1. The molecular weight excluding hydrogens is 420 g/mol. The highest BCUT2D eigenvalue weighted by molar-refractivity contribution is 9.10. The van der Waals surface area contributed by atoms with E-state index < -0.39 is 9.85 Å². The van der Waals surface area contributed by atoms with Crippen LogP contribution in [0.15, 0.2) is 34.8 Å². The SMILES string of the molecule is CCOc1cc([N+](=O)[O-])ccc1NNc1c(Cl)cc([N+](=O)[O-])cc1Br. The van der Waals surface area contributed by atoms with Gasteiger partial charge in [0.25, 0.3) is 11.4 Å². The summed E-state index contributed by atoms with van der Waals surface area (Å²) in [5, 5.41) is 21.8. The van der Waals surface area contributed by atoms with Crippen molar-refractivity contribution in [3.05, 3.63) is 60.1 Å². The number of ether oxygens (including phenoxy) is 1. The summed E-state index contributed by atoms with van der Waals surface area (Å²) in [5.74, 6) is 0.276. The third kappa shape index (κ3) is 4.48. The van der Waals surface area contributed by atoms with Crippen LogP contribution in [-0.2, 0) is 0 Å². The predicted octanol–water partition coefficient (Wildman–Crippen LogP) is 4.76. The number of nitro benzene ring substituents is 2. The fraction of sp³-hybridized carbons (Fsp3) is 0.143. The number of hydrogen-bond acceptors (Lipinski definition) is 7. The van der Waals surface area contributed by atoms with Crippen molar-refractivity contribution in [1.82, 2.24) is 0 Å². The highest BCUT2D eigenvalue weighted by Gasteiger charge is 2.16. The van der Waals surface area contributed by atoms with E-state index in [-0.39, 0.29) is 22.1 Å². The molecule has 0 radical (unpaired) electrons. The molecule has 0 fully saturated rings. The van der Waals surface area contributed by atoms with Crippen LogP contribution < -0.4 is 15.6 Å². The van der Waals surface area contributed by atoms with E-state index in [0.717, 1.165) is 0 Å².